The van der Waals surface area contributed by atoms with Crippen molar-refractivity contribution in [3.8, 4) is 0 Å². The van der Waals surface area contributed by atoms with Gasteiger partial charge in [0, 0.05) is 6.61 Å². The Morgan fingerprint density at radius 1 is 0.947 bits per heavy atom. The van der Waals surface area contributed by atoms with Crippen molar-refractivity contribution >= 4 is 0 Å². The van der Waals surface area contributed by atoms with E-state index in [2.05, 4.69) is 56.3 Å². The third-order valence-electron chi connectivity index (χ3n) is 3.64. The average molecular weight is 254 g/mol. The highest BCUT2D eigenvalue weighted by Crippen LogP contribution is 2.18. The summed E-state index contributed by atoms with van der Waals surface area (Å²) >= 11 is 0. The van der Waals surface area contributed by atoms with Crippen LogP contribution >= 0.6 is 0 Å². The third-order valence-corrected chi connectivity index (χ3v) is 3.64. The topological polar surface area (TPSA) is 20.2 Å². The normalized spacial score (nSPS) is 12.4. The van der Waals surface area contributed by atoms with E-state index in [4.69, 9.17) is 0 Å². The van der Waals surface area contributed by atoms with Crippen LogP contribution in [0.2, 0.25) is 0 Å². The molecule has 0 bridgehead atoms. The van der Waals surface area contributed by atoms with Gasteiger partial charge in [0.05, 0.1) is 0 Å². The Labute approximate surface area is 115 Å². The summed E-state index contributed by atoms with van der Waals surface area (Å²) in [7, 11) is 0. The zero-order valence-electron chi connectivity index (χ0n) is 11.8. The molecule has 1 atom stereocenters. The summed E-state index contributed by atoms with van der Waals surface area (Å²) in [4.78, 5) is 0. The summed E-state index contributed by atoms with van der Waals surface area (Å²) in [6, 6.07) is 17.0. The monoisotopic (exact) mass is 254 g/mol. The predicted octanol–water partition coefficient (Wildman–Crippen LogP) is 3.70. The molecule has 0 aromatic heterocycles. The van der Waals surface area contributed by atoms with Crippen LogP contribution in [-0.4, -0.2) is 11.7 Å². The van der Waals surface area contributed by atoms with E-state index in [9.17, 15) is 5.11 Å². The van der Waals surface area contributed by atoms with E-state index in [-0.39, 0.29) is 6.61 Å². The highest BCUT2D eigenvalue weighted by Gasteiger charge is 2.11. The second-order valence-corrected chi connectivity index (χ2v) is 5.37. The lowest BCUT2D eigenvalue weighted by molar-refractivity contribution is 0.225. The minimum atomic E-state index is 0.238. The van der Waals surface area contributed by atoms with Gasteiger partial charge in [-0.25, -0.2) is 0 Å². The third kappa shape index (κ3) is 3.93. The molecule has 0 aliphatic rings. The fourth-order valence-corrected chi connectivity index (χ4v) is 2.48. The summed E-state index contributed by atoms with van der Waals surface area (Å²) in [6.45, 7) is 4.50. The van der Waals surface area contributed by atoms with Gasteiger partial charge < -0.3 is 5.11 Å². The maximum Gasteiger partial charge on any atom is 0.0465 e. The summed E-state index contributed by atoms with van der Waals surface area (Å²) in [5.41, 5.74) is 5.26. The first-order valence-corrected chi connectivity index (χ1v) is 6.90. The molecule has 0 saturated heterocycles. The number of hydrogen-bond acceptors (Lipinski definition) is 1. The van der Waals surface area contributed by atoms with Crippen molar-refractivity contribution in [3.05, 3.63) is 70.8 Å². The van der Waals surface area contributed by atoms with Crippen molar-refractivity contribution in [2.24, 2.45) is 5.92 Å². The Bertz CT molecular complexity index is 516. The molecule has 2 aromatic rings. The Balaban J connectivity index is 2.09. The van der Waals surface area contributed by atoms with E-state index in [0.717, 1.165) is 12.8 Å². The second-order valence-electron chi connectivity index (χ2n) is 5.37. The molecule has 19 heavy (non-hydrogen) atoms. The molecule has 0 radical (unpaired) electrons. The molecular weight excluding hydrogens is 232 g/mol. The van der Waals surface area contributed by atoms with Crippen molar-refractivity contribution < 1.29 is 5.11 Å². The molecule has 0 amide bonds. The highest BCUT2D eigenvalue weighted by atomic mass is 16.3. The van der Waals surface area contributed by atoms with E-state index in [1.165, 1.54) is 22.3 Å². The number of aliphatic hydroxyl groups is 1. The number of benzene rings is 2. The molecular formula is C18H22O. The SMILES string of the molecule is Cc1ccc(C)c(CC(CO)Cc2ccccc2)c1. The molecule has 100 valence electrons. The molecule has 0 saturated carbocycles. The van der Waals surface area contributed by atoms with Gasteiger partial charge in [-0.05, 0) is 49.3 Å². The van der Waals surface area contributed by atoms with Crippen LogP contribution in [0.15, 0.2) is 48.5 Å². The van der Waals surface area contributed by atoms with Crippen LogP contribution in [0.3, 0.4) is 0 Å². The van der Waals surface area contributed by atoms with Crippen LogP contribution in [0.1, 0.15) is 22.3 Å². The zero-order valence-corrected chi connectivity index (χ0v) is 11.8. The van der Waals surface area contributed by atoms with E-state index in [1.807, 2.05) is 6.07 Å². The van der Waals surface area contributed by atoms with Gasteiger partial charge in [-0.2, -0.15) is 0 Å². The molecule has 1 unspecified atom stereocenters. The molecule has 0 heterocycles. The number of aliphatic hydroxyl groups excluding tert-OH is 1. The zero-order chi connectivity index (χ0) is 13.7. The first kappa shape index (κ1) is 13.8. The number of rotatable bonds is 5. The summed E-state index contributed by atoms with van der Waals surface area (Å²) in [5.74, 6) is 0.294. The Hall–Kier alpha value is -1.60. The predicted molar refractivity (Wildman–Crippen MR) is 80.3 cm³/mol. The lowest BCUT2D eigenvalue weighted by Crippen LogP contribution is -2.13. The van der Waals surface area contributed by atoms with Gasteiger partial charge in [0.2, 0.25) is 0 Å². The smallest absolute Gasteiger partial charge is 0.0465 e. The fraction of sp³-hybridized carbons (Fsp3) is 0.333. The van der Waals surface area contributed by atoms with Crippen molar-refractivity contribution in [3.63, 3.8) is 0 Å². The first-order chi connectivity index (χ1) is 9.19. The fourth-order valence-electron chi connectivity index (χ4n) is 2.48. The van der Waals surface area contributed by atoms with Crippen molar-refractivity contribution in [1.29, 1.82) is 0 Å². The minimum Gasteiger partial charge on any atom is -0.396 e. The van der Waals surface area contributed by atoms with E-state index >= 15 is 0 Å². The van der Waals surface area contributed by atoms with Crippen molar-refractivity contribution in [1.82, 2.24) is 0 Å². The molecule has 1 N–H and O–H groups in total. The lowest BCUT2D eigenvalue weighted by Gasteiger charge is -2.16. The lowest BCUT2D eigenvalue weighted by atomic mass is 9.91. The first-order valence-electron chi connectivity index (χ1n) is 6.90. The van der Waals surface area contributed by atoms with E-state index < -0.39 is 0 Å². The van der Waals surface area contributed by atoms with Crippen LogP contribution in [0, 0.1) is 19.8 Å². The van der Waals surface area contributed by atoms with Crippen molar-refractivity contribution in [2.75, 3.05) is 6.61 Å². The summed E-state index contributed by atoms with van der Waals surface area (Å²) in [5, 5.41) is 9.61. The summed E-state index contributed by atoms with van der Waals surface area (Å²) in [6.07, 6.45) is 1.88. The Kier molecular flexibility index (Phi) is 4.75. The van der Waals surface area contributed by atoms with Crippen LogP contribution in [-0.2, 0) is 12.8 Å². The maximum atomic E-state index is 9.61. The van der Waals surface area contributed by atoms with Gasteiger partial charge in [-0.3, -0.25) is 0 Å². The molecule has 1 nitrogen and oxygen atoms in total. The summed E-state index contributed by atoms with van der Waals surface area (Å²) < 4.78 is 0. The Morgan fingerprint density at radius 3 is 2.37 bits per heavy atom. The highest BCUT2D eigenvalue weighted by molar-refractivity contribution is 5.31. The van der Waals surface area contributed by atoms with Crippen LogP contribution in [0.25, 0.3) is 0 Å². The van der Waals surface area contributed by atoms with Crippen LogP contribution in [0.4, 0.5) is 0 Å². The molecule has 0 spiro atoms. The van der Waals surface area contributed by atoms with Crippen LogP contribution < -0.4 is 0 Å². The minimum absolute atomic E-state index is 0.238. The van der Waals surface area contributed by atoms with Gasteiger partial charge in [0.15, 0.2) is 0 Å². The standard InChI is InChI=1S/C18H22O/c1-14-8-9-15(2)18(10-14)12-17(13-19)11-16-6-4-3-5-7-16/h3-10,17,19H,11-13H2,1-2H3. The maximum absolute atomic E-state index is 9.61. The number of aryl methyl sites for hydroxylation is 2. The molecule has 2 rings (SSSR count). The van der Waals surface area contributed by atoms with Gasteiger partial charge in [-0.1, -0.05) is 54.1 Å². The van der Waals surface area contributed by atoms with Gasteiger partial charge in [0.1, 0.15) is 0 Å². The molecule has 2 aromatic carbocycles. The van der Waals surface area contributed by atoms with Gasteiger partial charge >= 0.3 is 0 Å². The average Bonchev–Trinajstić information content (AvgIpc) is 2.43. The molecule has 0 aliphatic heterocycles. The van der Waals surface area contributed by atoms with E-state index in [1.54, 1.807) is 0 Å². The molecule has 0 fully saturated rings. The quantitative estimate of drug-likeness (QED) is 0.862. The number of hydrogen-bond donors (Lipinski definition) is 1. The Morgan fingerprint density at radius 2 is 1.68 bits per heavy atom. The van der Waals surface area contributed by atoms with Crippen molar-refractivity contribution in [2.45, 2.75) is 26.7 Å². The molecule has 0 aliphatic carbocycles. The van der Waals surface area contributed by atoms with Gasteiger partial charge in [0.25, 0.3) is 0 Å². The van der Waals surface area contributed by atoms with E-state index in [0.29, 0.717) is 5.92 Å². The molecule has 1 heteroatoms. The largest absolute Gasteiger partial charge is 0.396 e. The second kappa shape index (κ2) is 6.53. The van der Waals surface area contributed by atoms with Crippen LogP contribution in [0.5, 0.6) is 0 Å². The van der Waals surface area contributed by atoms with Gasteiger partial charge in [-0.15, -0.1) is 0 Å².